The van der Waals surface area contributed by atoms with Crippen molar-refractivity contribution < 1.29 is 4.79 Å². The van der Waals surface area contributed by atoms with E-state index in [-0.39, 0.29) is 5.91 Å². The fourth-order valence-corrected chi connectivity index (χ4v) is 3.85. The first-order valence-electron chi connectivity index (χ1n) is 8.09. The number of carbonyl (C=O) groups excluding carboxylic acids is 1. The predicted octanol–water partition coefficient (Wildman–Crippen LogP) is 1.82. The molecule has 3 rings (SSSR count). The Bertz CT molecular complexity index is 624. The molecule has 0 radical (unpaired) electrons. The number of amides is 1. The van der Waals surface area contributed by atoms with E-state index in [1.165, 1.54) is 16.2 Å². The molecule has 23 heavy (non-hydrogen) atoms. The lowest BCUT2D eigenvalue weighted by Crippen LogP contribution is -2.47. The molecule has 1 saturated heterocycles. The molecule has 2 aromatic rings. The number of aryl methyl sites for hydroxylation is 1. The van der Waals surface area contributed by atoms with Crippen molar-refractivity contribution in [3.05, 3.63) is 34.5 Å². The van der Waals surface area contributed by atoms with Crippen molar-refractivity contribution in [3.63, 3.8) is 0 Å². The molecule has 3 heterocycles. The molecule has 0 aromatic carbocycles. The zero-order valence-corrected chi connectivity index (χ0v) is 14.3. The molecule has 1 atom stereocenters. The van der Waals surface area contributed by atoms with Crippen LogP contribution in [0, 0.1) is 6.92 Å². The minimum Gasteiger partial charge on any atom is -0.350 e. The van der Waals surface area contributed by atoms with Crippen molar-refractivity contribution in [2.24, 2.45) is 0 Å². The normalized spacial score (nSPS) is 18.9. The molecule has 1 fully saturated rings. The fraction of sp³-hybridized carbons (Fsp3) is 0.562. The molecular formula is C16H23N5OS. The lowest BCUT2D eigenvalue weighted by molar-refractivity contribution is -0.123. The second kappa shape index (κ2) is 7.70. The maximum atomic E-state index is 12.3. The van der Waals surface area contributed by atoms with Crippen molar-refractivity contribution in [2.75, 3.05) is 13.1 Å². The molecule has 0 bridgehead atoms. The van der Waals surface area contributed by atoms with E-state index in [4.69, 9.17) is 0 Å². The fourth-order valence-electron chi connectivity index (χ4n) is 3.02. The van der Waals surface area contributed by atoms with Crippen LogP contribution in [0.25, 0.3) is 0 Å². The maximum Gasteiger partial charge on any atom is 0.234 e. The van der Waals surface area contributed by atoms with Crippen LogP contribution in [0.2, 0.25) is 0 Å². The molecule has 1 amide bonds. The highest BCUT2D eigenvalue weighted by molar-refractivity contribution is 7.11. The molecule has 0 saturated carbocycles. The van der Waals surface area contributed by atoms with Crippen molar-refractivity contribution in [1.82, 2.24) is 25.0 Å². The van der Waals surface area contributed by atoms with Gasteiger partial charge in [-0.2, -0.15) is 5.10 Å². The van der Waals surface area contributed by atoms with Gasteiger partial charge in [-0.25, -0.2) is 4.98 Å². The summed E-state index contributed by atoms with van der Waals surface area (Å²) in [6.07, 6.45) is 6.78. The van der Waals surface area contributed by atoms with Crippen molar-refractivity contribution in [3.8, 4) is 0 Å². The maximum absolute atomic E-state index is 12.3. The SMILES string of the molecule is Cc1ccc(CNC(=O)CN2CCCC[C@@H]2Cn2cncn2)s1. The van der Waals surface area contributed by atoms with Crippen LogP contribution in [0.3, 0.4) is 0 Å². The molecule has 0 spiro atoms. The number of hydrogen-bond acceptors (Lipinski definition) is 5. The average molecular weight is 333 g/mol. The number of nitrogens with zero attached hydrogens (tertiary/aromatic N) is 4. The Kier molecular flexibility index (Phi) is 5.40. The van der Waals surface area contributed by atoms with Gasteiger partial charge in [-0.05, 0) is 38.4 Å². The Morgan fingerprint density at radius 3 is 3.09 bits per heavy atom. The predicted molar refractivity (Wildman–Crippen MR) is 90.1 cm³/mol. The summed E-state index contributed by atoms with van der Waals surface area (Å²) in [6, 6.07) is 4.53. The largest absolute Gasteiger partial charge is 0.350 e. The van der Waals surface area contributed by atoms with E-state index < -0.39 is 0 Å². The quantitative estimate of drug-likeness (QED) is 0.876. The minimum absolute atomic E-state index is 0.0987. The summed E-state index contributed by atoms with van der Waals surface area (Å²) >= 11 is 1.73. The van der Waals surface area contributed by atoms with Gasteiger partial charge in [0.25, 0.3) is 0 Å². The zero-order chi connectivity index (χ0) is 16.1. The van der Waals surface area contributed by atoms with E-state index >= 15 is 0 Å². The first-order chi connectivity index (χ1) is 11.2. The van der Waals surface area contributed by atoms with Gasteiger partial charge in [-0.15, -0.1) is 11.3 Å². The third-order valence-electron chi connectivity index (χ3n) is 4.22. The van der Waals surface area contributed by atoms with Crippen LogP contribution < -0.4 is 5.32 Å². The average Bonchev–Trinajstić information content (AvgIpc) is 3.19. The third kappa shape index (κ3) is 4.62. The Hall–Kier alpha value is -1.73. The smallest absolute Gasteiger partial charge is 0.234 e. The van der Waals surface area contributed by atoms with Gasteiger partial charge in [0.1, 0.15) is 12.7 Å². The summed E-state index contributed by atoms with van der Waals surface area (Å²) in [6.45, 7) is 4.95. The summed E-state index contributed by atoms with van der Waals surface area (Å²) in [5.41, 5.74) is 0. The Labute approximate surface area is 140 Å². The highest BCUT2D eigenvalue weighted by Crippen LogP contribution is 2.18. The molecular weight excluding hydrogens is 310 g/mol. The number of aromatic nitrogens is 3. The highest BCUT2D eigenvalue weighted by atomic mass is 32.1. The zero-order valence-electron chi connectivity index (χ0n) is 13.4. The molecule has 1 aliphatic heterocycles. The molecule has 2 aromatic heterocycles. The van der Waals surface area contributed by atoms with Crippen LogP contribution in [0.5, 0.6) is 0 Å². The van der Waals surface area contributed by atoms with Crippen LogP contribution in [0.4, 0.5) is 0 Å². The lowest BCUT2D eigenvalue weighted by Gasteiger charge is -2.34. The summed E-state index contributed by atoms with van der Waals surface area (Å²) in [7, 11) is 0. The Morgan fingerprint density at radius 1 is 1.43 bits per heavy atom. The number of hydrogen-bond donors (Lipinski definition) is 1. The number of rotatable bonds is 6. The Balaban J connectivity index is 1.50. The van der Waals surface area contributed by atoms with Crippen molar-refractivity contribution in [1.29, 1.82) is 0 Å². The standard InChI is InChI=1S/C16H23N5OS/c1-13-5-6-15(23-13)8-18-16(22)10-20-7-3-2-4-14(20)9-21-12-17-11-19-21/h5-6,11-12,14H,2-4,7-10H2,1H3,(H,18,22)/t14-/m1/s1. The van der Waals surface area contributed by atoms with Crippen LogP contribution >= 0.6 is 11.3 Å². The van der Waals surface area contributed by atoms with E-state index in [9.17, 15) is 4.79 Å². The van der Waals surface area contributed by atoms with Crippen molar-refractivity contribution >= 4 is 17.2 Å². The molecule has 1 aliphatic rings. The second-order valence-electron chi connectivity index (χ2n) is 6.03. The van der Waals surface area contributed by atoms with E-state index in [1.54, 1.807) is 24.0 Å². The number of likely N-dealkylation sites (tertiary alicyclic amines) is 1. The molecule has 0 aliphatic carbocycles. The lowest BCUT2D eigenvalue weighted by atomic mass is 10.0. The van der Waals surface area contributed by atoms with Gasteiger partial charge in [0.2, 0.25) is 5.91 Å². The Morgan fingerprint density at radius 2 is 2.35 bits per heavy atom. The molecule has 1 N–H and O–H groups in total. The molecule has 0 unspecified atom stereocenters. The first-order valence-corrected chi connectivity index (χ1v) is 8.91. The first kappa shape index (κ1) is 16.1. The third-order valence-corrected chi connectivity index (χ3v) is 5.22. The van der Waals surface area contributed by atoms with E-state index in [0.29, 0.717) is 19.1 Å². The summed E-state index contributed by atoms with van der Waals surface area (Å²) in [4.78, 5) is 21.0. The van der Waals surface area contributed by atoms with E-state index in [1.807, 2.05) is 4.68 Å². The number of carbonyl (C=O) groups is 1. The molecule has 7 heteroatoms. The van der Waals surface area contributed by atoms with Crippen LogP contribution in [0.1, 0.15) is 29.0 Å². The number of thiophene rings is 1. The summed E-state index contributed by atoms with van der Waals surface area (Å²) in [5.74, 6) is 0.0987. The van der Waals surface area contributed by atoms with Gasteiger partial charge in [0, 0.05) is 15.8 Å². The van der Waals surface area contributed by atoms with Gasteiger partial charge >= 0.3 is 0 Å². The molecule has 6 nitrogen and oxygen atoms in total. The molecule has 124 valence electrons. The van der Waals surface area contributed by atoms with Crippen LogP contribution in [-0.2, 0) is 17.9 Å². The number of piperidine rings is 1. The topological polar surface area (TPSA) is 63.1 Å². The second-order valence-corrected chi connectivity index (χ2v) is 7.40. The van der Waals surface area contributed by atoms with Crippen molar-refractivity contribution in [2.45, 2.75) is 45.3 Å². The van der Waals surface area contributed by atoms with E-state index in [0.717, 1.165) is 25.9 Å². The van der Waals surface area contributed by atoms with Gasteiger partial charge < -0.3 is 5.32 Å². The van der Waals surface area contributed by atoms with Gasteiger partial charge in [0.05, 0.1) is 19.6 Å². The summed E-state index contributed by atoms with van der Waals surface area (Å²) < 4.78 is 1.86. The minimum atomic E-state index is 0.0987. The summed E-state index contributed by atoms with van der Waals surface area (Å²) in [5, 5.41) is 7.22. The monoisotopic (exact) mass is 333 g/mol. The highest BCUT2D eigenvalue weighted by Gasteiger charge is 2.24. The van der Waals surface area contributed by atoms with Gasteiger partial charge in [-0.3, -0.25) is 14.4 Å². The number of nitrogens with one attached hydrogen (secondary N) is 1. The van der Waals surface area contributed by atoms with Gasteiger partial charge in [-0.1, -0.05) is 6.42 Å². The van der Waals surface area contributed by atoms with Crippen LogP contribution in [0.15, 0.2) is 24.8 Å². The van der Waals surface area contributed by atoms with Crippen LogP contribution in [-0.4, -0.2) is 44.7 Å². The van der Waals surface area contributed by atoms with Gasteiger partial charge in [0.15, 0.2) is 0 Å². The van der Waals surface area contributed by atoms with E-state index in [2.05, 4.69) is 39.4 Å².